The SMILES string of the molecule is O=C(Nc1ccc(-[n+]2ccc(-c3cc[n+](-c4ccc(Oc5ccccc5O)cc4)cc3)cc2)cc1)c1ccc(-[n+]2ccc(-c3cc[n+](-c4ccc(Oc5ccccc5O)cc4)cc3)cc2)cc1. The van der Waals surface area contributed by atoms with Gasteiger partial charge in [-0.15, -0.1) is 0 Å². The maximum atomic E-state index is 13.2. The van der Waals surface area contributed by atoms with Crippen molar-refractivity contribution < 1.29 is 42.7 Å². The van der Waals surface area contributed by atoms with Gasteiger partial charge in [-0.3, -0.25) is 4.79 Å². The summed E-state index contributed by atoms with van der Waals surface area (Å²) in [7, 11) is 0. The van der Waals surface area contributed by atoms with Crippen molar-refractivity contribution >= 4 is 11.6 Å². The lowest BCUT2D eigenvalue weighted by Gasteiger charge is -2.07. The molecule has 1 amide bonds. The molecule has 0 aliphatic rings. The Labute approximate surface area is 387 Å². The van der Waals surface area contributed by atoms with Crippen LogP contribution in [0.15, 0.2) is 244 Å². The average molecular weight is 878 g/mol. The molecule has 0 unspecified atom stereocenters. The maximum absolute atomic E-state index is 13.2. The van der Waals surface area contributed by atoms with Gasteiger partial charge in [-0.25, -0.2) is 0 Å². The van der Waals surface area contributed by atoms with E-state index in [1.165, 1.54) is 0 Å². The van der Waals surface area contributed by atoms with Gasteiger partial charge in [0, 0.05) is 108 Å². The number of nitrogens with zero attached hydrogens (tertiary/aromatic N) is 4. The third-order valence-electron chi connectivity index (χ3n) is 11.3. The van der Waals surface area contributed by atoms with Crippen molar-refractivity contribution in [3.8, 4) is 79.5 Å². The first kappa shape index (κ1) is 41.6. The first-order valence-electron chi connectivity index (χ1n) is 21.6. The molecule has 10 aromatic rings. The van der Waals surface area contributed by atoms with Gasteiger partial charge in [0.05, 0.1) is 0 Å². The van der Waals surface area contributed by atoms with Gasteiger partial charge in [-0.2, -0.15) is 18.3 Å². The molecule has 0 bridgehead atoms. The summed E-state index contributed by atoms with van der Waals surface area (Å²) in [6, 6.07) is 61.1. The molecule has 0 aliphatic heterocycles. The molecule has 0 saturated heterocycles. The number of carbonyl (C=O) groups is 1. The summed E-state index contributed by atoms with van der Waals surface area (Å²) < 4.78 is 19.8. The van der Waals surface area contributed by atoms with Crippen molar-refractivity contribution in [1.29, 1.82) is 0 Å². The van der Waals surface area contributed by atoms with E-state index in [2.05, 4.69) is 53.8 Å². The number of pyridine rings is 4. The van der Waals surface area contributed by atoms with E-state index in [1.54, 1.807) is 36.4 Å². The largest absolute Gasteiger partial charge is 0.504 e. The molecular formula is C57H43N5O5+4. The Kier molecular flexibility index (Phi) is 11.6. The van der Waals surface area contributed by atoms with Crippen LogP contribution in [-0.4, -0.2) is 16.1 Å². The second kappa shape index (κ2) is 18.7. The smallest absolute Gasteiger partial charge is 0.255 e. The third kappa shape index (κ3) is 9.59. The van der Waals surface area contributed by atoms with Crippen LogP contribution >= 0.6 is 0 Å². The van der Waals surface area contributed by atoms with E-state index in [1.807, 2.05) is 177 Å². The van der Waals surface area contributed by atoms with Crippen LogP contribution in [-0.2, 0) is 0 Å². The number of ether oxygens (including phenoxy) is 2. The summed E-state index contributed by atoms with van der Waals surface area (Å²) in [4.78, 5) is 13.2. The molecule has 3 N–H and O–H groups in total. The van der Waals surface area contributed by atoms with Crippen LogP contribution < -0.4 is 33.1 Å². The zero-order chi connectivity index (χ0) is 45.5. The Morgan fingerprint density at radius 1 is 0.358 bits per heavy atom. The summed E-state index contributed by atoms with van der Waals surface area (Å²) in [5, 5.41) is 23.0. The molecule has 67 heavy (non-hydrogen) atoms. The number of phenolic OH excluding ortho intramolecular Hbond substituents is 2. The van der Waals surface area contributed by atoms with Gasteiger partial charge >= 0.3 is 0 Å². The lowest BCUT2D eigenvalue weighted by molar-refractivity contribution is -0.596. The van der Waals surface area contributed by atoms with E-state index in [9.17, 15) is 15.0 Å². The Bertz CT molecular complexity index is 3290. The lowest BCUT2D eigenvalue weighted by atomic mass is 10.1. The standard InChI is InChI=1S/C57H40N5O5/c63-53-5-1-3-7-55(53)66-51-21-17-49(18-22-51)61-37-29-43(30-38-61)41-25-33-59(34-26-41)47-13-9-45(10-14-47)57(65)58-46-11-15-48(16-12-46)60-35-27-42(28-36-60)44-31-39-62(40-32-44)50-19-23-52(24-20-50)67-56-8-4-2-6-54(56)64/h1-40H/q+1/p+3. The number of amides is 1. The van der Waals surface area contributed by atoms with Gasteiger partial charge in [0.15, 0.2) is 72.6 Å². The van der Waals surface area contributed by atoms with Crippen LogP contribution in [0.25, 0.3) is 45.0 Å². The van der Waals surface area contributed by atoms with Crippen LogP contribution in [0, 0.1) is 0 Å². The number of anilines is 1. The van der Waals surface area contributed by atoms with Crippen LogP contribution in [0.4, 0.5) is 5.69 Å². The van der Waals surface area contributed by atoms with E-state index in [0.29, 0.717) is 34.2 Å². The van der Waals surface area contributed by atoms with Crippen molar-refractivity contribution in [2.24, 2.45) is 0 Å². The number of benzene rings is 6. The van der Waals surface area contributed by atoms with E-state index in [0.717, 1.165) is 45.0 Å². The molecule has 6 aromatic carbocycles. The van der Waals surface area contributed by atoms with Crippen LogP contribution in [0.5, 0.6) is 34.5 Å². The molecule has 322 valence electrons. The molecule has 10 heteroatoms. The summed E-state index contributed by atoms with van der Waals surface area (Å²) in [6.45, 7) is 0. The summed E-state index contributed by atoms with van der Waals surface area (Å²) in [5.74, 6) is 2.11. The fourth-order valence-corrected chi connectivity index (χ4v) is 7.58. The van der Waals surface area contributed by atoms with Gasteiger partial charge < -0.3 is 25.0 Å². The van der Waals surface area contributed by atoms with E-state index in [4.69, 9.17) is 9.47 Å². The highest BCUT2D eigenvalue weighted by Gasteiger charge is 2.15. The zero-order valence-electron chi connectivity index (χ0n) is 36.0. The second-order valence-corrected chi connectivity index (χ2v) is 15.7. The number of aromatic hydroxyl groups is 2. The molecule has 0 aliphatic carbocycles. The number of rotatable bonds is 12. The van der Waals surface area contributed by atoms with Crippen LogP contribution in [0.3, 0.4) is 0 Å². The maximum Gasteiger partial charge on any atom is 0.255 e. The van der Waals surface area contributed by atoms with E-state index < -0.39 is 0 Å². The van der Waals surface area contributed by atoms with Crippen LogP contribution in [0.2, 0.25) is 0 Å². The number of hydrogen-bond acceptors (Lipinski definition) is 5. The van der Waals surface area contributed by atoms with E-state index in [-0.39, 0.29) is 17.4 Å². The normalized spacial score (nSPS) is 10.9. The molecule has 0 radical (unpaired) electrons. The third-order valence-corrected chi connectivity index (χ3v) is 11.3. The highest BCUT2D eigenvalue weighted by atomic mass is 16.5. The Morgan fingerprint density at radius 2 is 0.657 bits per heavy atom. The fourth-order valence-electron chi connectivity index (χ4n) is 7.58. The predicted octanol–water partition coefficient (Wildman–Crippen LogP) is 10.4. The topological polar surface area (TPSA) is 104 Å². The Morgan fingerprint density at radius 3 is 0.985 bits per heavy atom. The molecular weight excluding hydrogens is 835 g/mol. The van der Waals surface area contributed by atoms with Crippen molar-refractivity contribution in [2.45, 2.75) is 0 Å². The number of hydrogen-bond donors (Lipinski definition) is 3. The Hall–Kier alpha value is -9.41. The van der Waals surface area contributed by atoms with E-state index >= 15 is 0 Å². The fraction of sp³-hybridized carbons (Fsp3) is 0. The first-order valence-corrected chi connectivity index (χ1v) is 21.6. The van der Waals surface area contributed by atoms with Gasteiger partial charge in [0.25, 0.3) is 5.91 Å². The molecule has 10 rings (SSSR count). The minimum atomic E-state index is -0.186. The molecule has 4 heterocycles. The van der Waals surface area contributed by atoms with Crippen molar-refractivity contribution in [2.75, 3.05) is 5.32 Å². The Balaban J connectivity index is 0.713. The van der Waals surface area contributed by atoms with Crippen molar-refractivity contribution in [3.05, 3.63) is 249 Å². The monoisotopic (exact) mass is 877 g/mol. The number of carbonyl (C=O) groups excluding carboxylic acids is 1. The molecule has 10 nitrogen and oxygen atoms in total. The highest BCUT2D eigenvalue weighted by molar-refractivity contribution is 6.04. The lowest BCUT2D eigenvalue weighted by Crippen LogP contribution is -2.30. The minimum absolute atomic E-state index is 0.0969. The van der Waals surface area contributed by atoms with Crippen LogP contribution in [0.1, 0.15) is 10.4 Å². The van der Waals surface area contributed by atoms with Crippen molar-refractivity contribution in [1.82, 2.24) is 0 Å². The van der Waals surface area contributed by atoms with Gasteiger partial charge in [0.1, 0.15) is 11.5 Å². The quantitative estimate of drug-likeness (QED) is 0.106. The number of nitrogens with one attached hydrogen (secondary N) is 1. The minimum Gasteiger partial charge on any atom is -0.504 e. The summed E-state index contributed by atoms with van der Waals surface area (Å²) >= 11 is 0. The number of aromatic nitrogens is 4. The van der Waals surface area contributed by atoms with Crippen molar-refractivity contribution in [3.63, 3.8) is 0 Å². The average Bonchev–Trinajstić information content (AvgIpc) is 3.39. The van der Waals surface area contributed by atoms with Gasteiger partial charge in [-0.1, -0.05) is 24.3 Å². The summed E-state index contributed by atoms with van der Waals surface area (Å²) in [5.41, 5.74) is 9.46. The molecule has 0 fully saturated rings. The summed E-state index contributed by atoms with van der Waals surface area (Å²) in [6.07, 6.45) is 16.2. The first-order chi connectivity index (χ1) is 32.9. The zero-order valence-corrected chi connectivity index (χ0v) is 36.0. The molecule has 0 saturated carbocycles. The number of phenols is 2. The molecule has 0 spiro atoms. The van der Waals surface area contributed by atoms with Gasteiger partial charge in [0.2, 0.25) is 22.7 Å². The number of para-hydroxylation sites is 4. The predicted molar refractivity (Wildman–Crippen MR) is 254 cm³/mol. The molecule has 0 atom stereocenters. The highest BCUT2D eigenvalue weighted by Crippen LogP contribution is 2.31. The molecule has 4 aromatic heterocycles. The van der Waals surface area contributed by atoms with Gasteiger partial charge in [-0.05, 0) is 95.1 Å². The second-order valence-electron chi connectivity index (χ2n) is 15.7.